The second kappa shape index (κ2) is 4.69. The minimum atomic E-state index is -0.743. The number of carbonyl (C=O) groups is 1. The maximum absolute atomic E-state index is 11.7. The van der Waals surface area contributed by atoms with E-state index in [1.807, 2.05) is 33.8 Å². The number of aromatic nitrogens is 1. The molecule has 104 valence electrons. The van der Waals surface area contributed by atoms with Crippen molar-refractivity contribution in [1.29, 1.82) is 5.26 Å². The molecule has 0 amide bonds. The van der Waals surface area contributed by atoms with Crippen LogP contribution in [0.3, 0.4) is 0 Å². The van der Waals surface area contributed by atoms with Crippen molar-refractivity contribution < 1.29 is 14.1 Å². The lowest BCUT2D eigenvalue weighted by atomic mass is 9.79. The first-order valence-corrected chi connectivity index (χ1v) is 6.45. The maximum atomic E-state index is 11.7. The highest BCUT2D eigenvalue weighted by Gasteiger charge is 2.53. The molecule has 1 saturated heterocycles. The van der Waals surface area contributed by atoms with Gasteiger partial charge in [-0.3, -0.25) is 4.79 Å². The molecule has 0 bridgehead atoms. The molecule has 20 heavy (non-hydrogen) atoms. The highest BCUT2D eigenvalue weighted by Crippen LogP contribution is 2.36. The number of hydrogen-bond donors (Lipinski definition) is 0. The Hall–Kier alpha value is -1.71. The highest BCUT2D eigenvalue weighted by atomic mass is 16.7. The zero-order chi connectivity index (χ0) is 15.1. The number of hydrogen-bond acceptors (Lipinski definition) is 5. The highest BCUT2D eigenvalue weighted by molar-refractivity contribution is 6.62. The van der Waals surface area contributed by atoms with Crippen LogP contribution in [0.25, 0.3) is 0 Å². The van der Waals surface area contributed by atoms with Crippen LogP contribution in [0.15, 0.2) is 12.1 Å². The predicted molar refractivity (Wildman–Crippen MR) is 74.7 cm³/mol. The SMILES string of the molecule is CC(=O)c1ccc(C#N)nc1B1OC(C)(C)C(C)(C)O1. The Kier molecular flexibility index (Phi) is 3.45. The van der Waals surface area contributed by atoms with Crippen molar-refractivity contribution in [2.45, 2.75) is 45.8 Å². The summed E-state index contributed by atoms with van der Waals surface area (Å²) in [5.41, 5.74) is -0.0102. The first-order chi connectivity index (χ1) is 9.18. The van der Waals surface area contributed by atoms with Gasteiger partial charge in [-0.05, 0) is 46.8 Å². The van der Waals surface area contributed by atoms with Crippen molar-refractivity contribution in [3.63, 3.8) is 0 Å². The van der Waals surface area contributed by atoms with E-state index in [1.165, 1.54) is 13.0 Å². The van der Waals surface area contributed by atoms with Crippen LogP contribution < -0.4 is 5.59 Å². The summed E-state index contributed by atoms with van der Waals surface area (Å²) in [4.78, 5) is 15.9. The Morgan fingerprint density at radius 3 is 2.25 bits per heavy atom. The summed E-state index contributed by atoms with van der Waals surface area (Å²) in [6.45, 7) is 9.16. The Labute approximate surface area is 119 Å². The number of nitriles is 1. The minimum Gasteiger partial charge on any atom is -0.398 e. The average Bonchev–Trinajstić information content (AvgIpc) is 2.57. The number of Topliss-reactive ketones (excluding diaryl/α,β-unsaturated/α-hetero) is 1. The molecule has 5 nitrogen and oxygen atoms in total. The summed E-state index contributed by atoms with van der Waals surface area (Å²) in [5.74, 6) is -0.133. The molecule has 1 aliphatic rings. The van der Waals surface area contributed by atoms with Gasteiger partial charge in [0.1, 0.15) is 11.8 Å². The number of ketones is 1. The van der Waals surface area contributed by atoms with E-state index >= 15 is 0 Å². The monoisotopic (exact) mass is 272 g/mol. The van der Waals surface area contributed by atoms with Gasteiger partial charge >= 0.3 is 7.12 Å². The fourth-order valence-electron chi connectivity index (χ4n) is 1.97. The van der Waals surface area contributed by atoms with Crippen LogP contribution in [-0.4, -0.2) is 29.1 Å². The third kappa shape index (κ3) is 2.35. The van der Waals surface area contributed by atoms with E-state index in [1.54, 1.807) is 6.07 Å². The molecule has 0 N–H and O–H groups in total. The summed E-state index contributed by atoms with van der Waals surface area (Å²) in [5, 5.41) is 8.96. The number of pyridine rings is 1. The third-order valence-electron chi connectivity index (χ3n) is 3.90. The summed E-state index contributed by atoms with van der Waals surface area (Å²) in [6.07, 6.45) is 0. The first kappa shape index (κ1) is 14.7. The maximum Gasteiger partial charge on any atom is 0.515 e. The Balaban J connectivity index is 2.48. The van der Waals surface area contributed by atoms with Crippen LogP contribution in [0.1, 0.15) is 50.7 Å². The van der Waals surface area contributed by atoms with Crippen LogP contribution in [0.5, 0.6) is 0 Å². The van der Waals surface area contributed by atoms with Crippen LogP contribution in [0.2, 0.25) is 0 Å². The molecule has 0 radical (unpaired) electrons. The van der Waals surface area contributed by atoms with Crippen molar-refractivity contribution in [1.82, 2.24) is 4.98 Å². The van der Waals surface area contributed by atoms with Crippen LogP contribution in [0, 0.1) is 11.3 Å². The lowest BCUT2D eigenvalue weighted by Gasteiger charge is -2.32. The summed E-state index contributed by atoms with van der Waals surface area (Å²) >= 11 is 0. The van der Waals surface area contributed by atoms with Gasteiger partial charge in [0.2, 0.25) is 0 Å². The lowest BCUT2D eigenvalue weighted by molar-refractivity contribution is 0.00578. The molecular formula is C14H17BN2O3. The Bertz CT molecular complexity index is 589. The topological polar surface area (TPSA) is 72.2 Å². The zero-order valence-electron chi connectivity index (χ0n) is 12.4. The molecule has 1 aromatic rings. The molecular weight excluding hydrogens is 255 g/mol. The molecule has 0 atom stereocenters. The van der Waals surface area contributed by atoms with E-state index in [-0.39, 0.29) is 11.5 Å². The van der Waals surface area contributed by atoms with Crippen LogP contribution in [-0.2, 0) is 9.31 Å². The van der Waals surface area contributed by atoms with Gasteiger partial charge in [-0.2, -0.15) is 5.26 Å². The van der Waals surface area contributed by atoms with Gasteiger partial charge in [0.05, 0.1) is 16.8 Å². The van der Waals surface area contributed by atoms with E-state index in [9.17, 15) is 4.79 Å². The molecule has 0 unspecified atom stereocenters. The Morgan fingerprint density at radius 1 is 1.25 bits per heavy atom. The fourth-order valence-corrected chi connectivity index (χ4v) is 1.97. The zero-order valence-corrected chi connectivity index (χ0v) is 12.4. The molecule has 1 aliphatic heterocycles. The van der Waals surface area contributed by atoms with E-state index in [0.717, 1.165) is 0 Å². The lowest BCUT2D eigenvalue weighted by Crippen LogP contribution is -2.41. The molecule has 0 saturated carbocycles. The van der Waals surface area contributed by atoms with Crippen molar-refractivity contribution in [2.24, 2.45) is 0 Å². The number of rotatable bonds is 2. The van der Waals surface area contributed by atoms with Gasteiger partial charge in [-0.15, -0.1) is 0 Å². The molecule has 0 aromatic carbocycles. The minimum absolute atomic E-state index is 0.133. The smallest absolute Gasteiger partial charge is 0.398 e. The summed E-state index contributed by atoms with van der Waals surface area (Å²) in [7, 11) is -0.743. The largest absolute Gasteiger partial charge is 0.515 e. The number of carbonyl (C=O) groups excluding carboxylic acids is 1. The molecule has 2 heterocycles. The second-order valence-electron chi connectivity index (χ2n) is 5.89. The van der Waals surface area contributed by atoms with Gasteiger partial charge in [0, 0.05) is 5.56 Å². The van der Waals surface area contributed by atoms with Gasteiger partial charge < -0.3 is 9.31 Å². The molecule has 1 aromatic heterocycles. The quantitative estimate of drug-likeness (QED) is 0.602. The number of nitrogens with zero attached hydrogens (tertiary/aromatic N) is 2. The molecule has 1 fully saturated rings. The Morgan fingerprint density at radius 2 is 1.80 bits per heavy atom. The summed E-state index contributed by atoms with van der Waals surface area (Å²) in [6, 6.07) is 5.08. The third-order valence-corrected chi connectivity index (χ3v) is 3.90. The van der Waals surface area contributed by atoms with Crippen molar-refractivity contribution in [3.8, 4) is 6.07 Å². The molecule has 0 aliphatic carbocycles. The predicted octanol–water partition coefficient (Wildman–Crippen LogP) is 1.46. The van der Waals surface area contributed by atoms with Gasteiger partial charge in [0.25, 0.3) is 0 Å². The standard InChI is InChI=1S/C14H17BN2O3/c1-9(18)11-7-6-10(8-16)17-12(11)15-19-13(2,3)14(4,5)20-15/h6-7H,1-5H3. The molecule has 2 rings (SSSR count). The van der Waals surface area contributed by atoms with E-state index < -0.39 is 18.3 Å². The second-order valence-corrected chi connectivity index (χ2v) is 5.89. The summed E-state index contributed by atoms with van der Waals surface area (Å²) < 4.78 is 11.8. The fraction of sp³-hybridized carbons (Fsp3) is 0.500. The molecule has 0 spiro atoms. The van der Waals surface area contributed by atoms with Gasteiger partial charge in [-0.1, -0.05) is 0 Å². The van der Waals surface area contributed by atoms with E-state index in [0.29, 0.717) is 11.2 Å². The first-order valence-electron chi connectivity index (χ1n) is 6.45. The molecule has 6 heteroatoms. The average molecular weight is 272 g/mol. The van der Waals surface area contributed by atoms with Gasteiger partial charge in [0.15, 0.2) is 5.78 Å². The van der Waals surface area contributed by atoms with Crippen LogP contribution in [0.4, 0.5) is 0 Å². The van der Waals surface area contributed by atoms with Crippen molar-refractivity contribution in [3.05, 3.63) is 23.4 Å². The van der Waals surface area contributed by atoms with Crippen molar-refractivity contribution in [2.75, 3.05) is 0 Å². The van der Waals surface area contributed by atoms with Gasteiger partial charge in [-0.25, -0.2) is 4.98 Å². The van der Waals surface area contributed by atoms with Crippen molar-refractivity contribution >= 4 is 18.5 Å². The normalized spacial score (nSPS) is 19.7. The van der Waals surface area contributed by atoms with E-state index in [4.69, 9.17) is 14.6 Å². The van der Waals surface area contributed by atoms with E-state index in [2.05, 4.69) is 4.98 Å². The van der Waals surface area contributed by atoms with Crippen LogP contribution >= 0.6 is 0 Å².